The second-order valence-electron chi connectivity index (χ2n) is 8.77. The van der Waals surface area contributed by atoms with Crippen LogP contribution >= 0.6 is 0 Å². The lowest BCUT2D eigenvalue weighted by molar-refractivity contribution is -0.158. The molecule has 4 saturated carbocycles. The van der Waals surface area contributed by atoms with Crippen molar-refractivity contribution in [3.05, 3.63) is 0 Å². The highest BCUT2D eigenvalue weighted by molar-refractivity contribution is 5.91. The molecule has 0 aromatic rings. The average Bonchev–Trinajstić information content (AvgIpc) is 2.77. The minimum atomic E-state index is -0.246. The van der Waals surface area contributed by atoms with E-state index in [1.165, 1.54) is 0 Å². The molecule has 3 heteroatoms. The summed E-state index contributed by atoms with van der Waals surface area (Å²) >= 11 is 0. The molecule has 3 nitrogen and oxygen atoms in total. The SMILES string of the molecule is C[C@]12CCC(=O)C[C@@H]1CC(=O)[C@@H]1[C@H]2CC[C@]2(C)C(=O)CC[C@@H]12. The molecule has 0 spiro atoms. The van der Waals surface area contributed by atoms with E-state index in [4.69, 9.17) is 0 Å². The summed E-state index contributed by atoms with van der Waals surface area (Å²) in [6.45, 7) is 4.43. The normalized spacial score (nSPS) is 51.3. The van der Waals surface area contributed by atoms with Crippen LogP contribution in [0, 0.1) is 34.5 Å². The molecule has 0 aliphatic heterocycles. The van der Waals surface area contributed by atoms with Gasteiger partial charge in [-0.2, -0.15) is 0 Å². The van der Waals surface area contributed by atoms with Crippen LogP contribution in [0.2, 0.25) is 0 Å². The molecule has 4 fully saturated rings. The zero-order valence-corrected chi connectivity index (χ0v) is 13.7. The van der Waals surface area contributed by atoms with Gasteiger partial charge in [-0.25, -0.2) is 0 Å². The van der Waals surface area contributed by atoms with Crippen LogP contribution in [0.15, 0.2) is 0 Å². The number of hydrogen-bond acceptors (Lipinski definition) is 3. The summed E-state index contributed by atoms with van der Waals surface area (Å²) in [5.41, 5.74) is -0.107. The fourth-order valence-electron chi connectivity index (χ4n) is 6.50. The minimum Gasteiger partial charge on any atom is -0.300 e. The second-order valence-corrected chi connectivity index (χ2v) is 8.77. The van der Waals surface area contributed by atoms with Crippen LogP contribution in [0.25, 0.3) is 0 Å². The van der Waals surface area contributed by atoms with Gasteiger partial charge in [0.15, 0.2) is 0 Å². The number of rotatable bonds is 0. The summed E-state index contributed by atoms with van der Waals surface area (Å²) < 4.78 is 0. The average molecular weight is 302 g/mol. The van der Waals surface area contributed by atoms with Gasteiger partial charge in [-0.15, -0.1) is 0 Å². The van der Waals surface area contributed by atoms with Gasteiger partial charge in [0.25, 0.3) is 0 Å². The first-order valence-electron chi connectivity index (χ1n) is 8.94. The molecule has 4 rings (SSSR count). The van der Waals surface area contributed by atoms with Gasteiger partial charge in [0.1, 0.15) is 17.3 Å². The zero-order valence-electron chi connectivity index (χ0n) is 13.7. The Kier molecular flexibility index (Phi) is 3.00. The second kappa shape index (κ2) is 4.52. The Morgan fingerprint density at radius 1 is 0.909 bits per heavy atom. The molecular formula is C19H26O3. The number of hydrogen-bond donors (Lipinski definition) is 0. The highest BCUT2D eigenvalue weighted by Crippen LogP contribution is 2.64. The third-order valence-electron chi connectivity index (χ3n) is 8.00. The Hall–Kier alpha value is -0.990. The van der Waals surface area contributed by atoms with Crippen molar-refractivity contribution in [1.82, 2.24) is 0 Å². The van der Waals surface area contributed by atoms with E-state index < -0.39 is 0 Å². The van der Waals surface area contributed by atoms with Gasteiger partial charge in [0, 0.05) is 37.0 Å². The number of Topliss-reactive ketones (excluding diaryl/α,β-unsaturated/α-hetero) is 3. The van der Waals surface area contributed by atoms with Gasteiger partial charge < -0.3 is 0 Å². The van der Waals surface area contributed by atoms with Crippen LogP contribution in [0.1, 0.15) is 65.2 Å². The van der Waals surface area contributed by atoms with E-state index in [1.54, 1.807) is 0 Å². The van der Waals surface area contributed by atoms with Crippen molar-refractivity contribution in [1.29, 1.82) is 0 Å². The summed E-state index contributed by atoms with van der Waals surface area (Å²) in [6, 6.07) is 0. The number of fused-ring (bicyclic) bond motifs is 5. The highest BCUT2D eigenvalue weighted by Gasteiger charge is 2.62. The molecule has 0 unspecified atom stereocenters. The topological polar surface area (TPSA) is 51.2 Å². The van der Waals surface area contributed by atoms with Gasteiger partial charge in [-0.3, -0.25) is 14.4 Å². The van der Waals surface area contributed by atoms with Crippen LogP contribution in [-0.4, -0.2) is 17.3 Å². The molecular weight excluding hydrogens is 276 g/mol. The lowest BCUT2D eigenvalue weighted by Crippen LogP contribution is -2.57. The lowest BCUT2D eigenvalue weighted by Gasteiger charge is -2.58. The van der Waals surface area contributed by atoms with Crippen molar-refractivity contribution >= 4 is 17.3 Å². The molecule has 0 aromatic carbocycles. The quantitative estimate of drug-likeness (QED) is 0.689. The Bertz CT molecular complexity index is 565. The lowest BCUT2D eigenvalue weighted by atomic mass is 9.45. The largest absolute Gasteiger partial charge is 0.300 e. The van der Waals surface area contributed by atoms with Crippen LogP contribution in [0.4, 0.5) is 0 Å². The van der Waals surface area contributed by atoms with Gasteiger partial charge in [0.05, 0.1) is 0 Å². The van der Waals surface area contributed by atoms with Gasteiger partial charge >= 0.3 is 0 Å². The standard InChI is InChI=1S/C19H26O3/c1-18-7-5-12(20)9-11(18)10-15(21)17-13-3-4-16(22)19(13,2)8-6-14(17)18/h11,13-14,17H,3-10H2,1-2H3/t11-,13+,14-,17+,18+,19+/m1/s1. The number of ketones is 3. The molecule has 0 radical (unpaired) electrons. The van der Waals surface area contributed by atoms with E-state index in [1.807, 2.05) is 0 Å². The van der Waals surface area contributed by atoms with E-state index in [0.717, 1.165) is 25.7 Å². The first kappa shape index (κ1) is 14.6. The fraction of sp³-hybridized carbons (Fsp3) is 0.842. The van der Waals surface area contributed by atoms with Gasteiger partial charge in [-0.1, -0.05) is 13.8 Å². The predicted octanol–water partition coefficient (Wildman–Crippen LogP) is 3.35. The maximum atomic E-state index is 12.9. The van der Waals surface area contributed by atoms with Crippen LogP contribution < -0.4 is 0 Å². The van der Waals surface area contributed by atoms with Crippen molar-refractivity contribution in [2.45, 2.75) is 65.2 Å². The van der Waals surface area contributed by atoms with Crippen molar-refractivity contribution in [2.24, 2.45) is 34.5 Å². The molecule has 0 N–H and O–H groups in total. The third-order valence-corrected chi connectivity index (χ3v) is 8.00. The Morgan fingerprint density at radius 3 is 2.45 bits per heavy atom. The summed E-state index contributed by atoms with van der Waals surface area (Å²) in [5.74, 6) is 2.08. The van der Waals surface area contributed by atoms with E-state index in [0.29, 0.717) is 49.0 Å². The van der Waals surface area contributed by atoms with E-state index in [9.17, 15) is 14.4 Å². The molecule has 22 heavy (non-hydrogen) atoms. The van der Waals surface area contributed by atoms with Gasteiger partial charge in [0.2, 0.25) is 0 Å². The summed E-state index contributed by atoms with van der Waals surface area (Å²) in [6.07, 6.45) is 6.32. The number of carbonyl (C=O) groups excluding carboxylic acids is 3. The predicted molar refractivity (Wildman–Crippen MR) is 82.1 cm³/mol. The smallest absolute Gasteiger partial charge is 0.139 e. The molecule has 0 saturated heterocycles. The Morgan fingerprint density at radius 2 is 1.68 bits per heavy atom. The maximum absolute atomic E-state index is 12.9. The molecule has 120 valence electrons. The summed E-state index contributed by atoms with van der Waals surface area (Å²) in [7, 11) is 0. The molecule has 4 aliphatic rings. The molecule has 0 heterocycles. The first-order valence-corrected chi connectivity index (χ1v) is 8.94. The van der Waals surface area contributed by atoms with Crippen molar-refractivity contribution < 1.29 is 14.4 Å². The minimum absolute atomic E-state index is 0.0830. The van der Waals surface area contributed by atoms with Gasteiger partial charge in [-0.05, 0) is 48.9 Å². The van der Waals surface area contributed by atoms with Crippen LogP contribution in [0.3, 0.4) is 0 Å². The van der Waals surface area contributed by atoms with E-state index in [-0.39, 0.29) is 28.6 Å². The number of carbonyl (C=O) groups is 3. The maximum Gasteiger partial charge on any atom is 0.139 e. The van der Waals surface area contributed by atoms with Crippen molar-refractivity contribution in [3.8, 4) is 0 Å². The fourth-order valence-corrected chi connectivity index (χ4v) is 6.50. The van der Waals surface area contributed by atoms with Crippen LogP contribution in [0.5, 0.6) is 0 Å². The Labute approximate surface area is 132 Å². The molecule has 0 bridgehead atoms. The highest BCUT2D eigenvalue weighted by atomic mass is 16.1. The molecule has 6 atom stereocenters. The summed E-state index contributed by atoms with van der Waals surface area (Å²) in [5, 5.41) is 0. The van der Waals surface area contributed by atoms with E-state index >= 15 is 0 Å². The zero-order chi connectivity index (χ0) is 15.7. The first-order chi connectivity index (χ1) is 10.4. The van der Waals surface area contributed by atoms with E-state index in [2.05, 4.69) is 13.8 Å². The molecule has 0 amide bonds. The molecule has 0 aromatic heterocycles. The monoisotopic (exact) mass is 302 g/mol. The summed E-state index contributed by atoms with van der Waals surface area (Å²) in [4.78, 5) is 37.1. The van der Waals surface area contributed by atoms with Crippen molar-refractivity contribution in [3.63, 3.8) is 0 Å². The third kappa shape index (κ3) is 1.71. The van der Waals surface area contributed by atoms with Crippen LogP contribution in [-0.2, 0) is 14.4 Å². The molecule has 4 aliphatic carbocycles. The van der Waals surface area contributed by atoms with Crippen molar-refractivity contribution in [2.75, 3.05) is 0 Å². The Balaban J connectivity index is 1.72.